The van der Waals surface area contributed by atoms with Crippen LogP contribution in [0.15, 0.2) is 60.7 Å². The van der Waals surface area contributed by atoms with Gasteiger partial charge in [0.15, 0.2) is 10.9 Å². The molecule has 19 heavy (non-hydrogen) atoms. The quantitative estimate of drug-likeness (QED) is 0.759. The molecule has 2 nitrogen and oxygen atoms in total. The van der Waals surface area contributed by atoms with Crippen molar-refractivity contribution in [2.45, 2.75) is 0 Å². The van der Waals surface area contributed by atoms with Gasteiger partial charge in [0.05, 0.1) is 10.7 Å². The molecule has 1 aromatic carbocycles. The molecule has 1 aromatic heterocycles. The van der Waals surface area contributed by atoms with Crippen LogP contribution in [0.25, 0.3) is 11.3 Å². The lowest BCUT2D eigenvalue weighted by Gasteiger charge is -2.04. The summed E-state index contributed by atoms with van der Waals surface area (Å²) in [7, 11) is 0. The number of aromatic hydroxyl groups is 1. The Morgan fingerprint density at radius 2 is 1.37 bits per heavy atom. The minimum atomic E-state index is -0.127. The van der Waals surface area contributed by atoms with Crippen LogP contribution in [0.1, 0.15) is 0 Å². The van der Waals surface area contributed by atoms with Gasteiger partial charge in [-0.05, 0) is 0 Å². The molecule has 0 aliphatic rings. The van der Waals surface area contributed by atoms with E-state index in [1.54, 1.807) is 0 Å². The predicted molar refractivity (Wildman–Crippen MR) is 79.0 cm³/mol. The van der Waals surface area contributed by atoms with Crippen LogP contribution in [0, 0.1) is 0 Å². The zero-order valence-corrected chi connectivity index (χ0v) is 11.4. The Labute approximate surface area is 121 Å². The highest BCUT2D eigenvalue weighted by Crippen LogP contribution is 2.32. The van der Waals surface area contributed by atoms with Crippen molar-refractivity contribution < 1.29 is 5.11 Å². The molecule has 96 valence electrons. The maximum atomic E-state index is 9.45. The van der Waals surface area contributed by atoms with Gasteiger partial charge in [-0.1, -0.05) is 77.8 Å². The van der Waals surface area contributed by atoms with Crippen molar-refractivity contribution in [3.63, 3.8) is 0 Å². The Kier molecular flexibility index (Phi) is 4.61. The van der Waals surface area contributed by atoms with E-state index in [1.807, 2.05) is 54.6 Å². The highest BCUT2D eigenvalue weighted by molar-refractivity contribution is 6.35. The molecule has 0 aliphatic heterocycles. The van der Waals surface area contributed by atoms with Crippen molar-refractivity contribution in [2.75, 3.05) is 0 Å². The zero-order valence-electron chi connectivity index (χ0n) is 9.92. The first-order chi connectivity index (χ1) is 9.18. The Morgan fingerprint density at radius 3 is 1.95 bits per heavy atom. The van der Waals surface area contributed by atoms with Gasteiger partial charge in [-0.2, -0.15) is 0 Å². The fraction of sp³-hybridized carbons (Fsp3) is 0. The Morgan fingerprint density at radius 1 is 0.842 bits per heavy atom. The molecule has 0 fully saturated rings. The average molecular weight is 292 g/mol. The third-order valence-electron chi connectivity index (χ3n) is 2.40. The molecule has 2 rings (SSSR count). The lowest BCUT2D eigenvalue weighted by atomic mass is 10.1. The smallest absolute Gasteiger partial charge is 0.171 e. The highest BCUT2D eigenvalue weighted by atomic mass is 35.5. The van der Waals surface area contributed by atoms with E-state index >= 15 is 0 Å². The number of nitrogens with zero attached hydrogens (tertiary/aromatic N) is 1. The van der Waals surface area contributed by atoms with Crippen LogP contribution in [0.2, 0.25) is 10.2 Å². The van der Waals surface area contributed by atoms with Gasteiger partial charge < -0.3 is 5.11 Å². The summed E-state index contributed by atoms with van der Waals surface area (Å²) in [5.74, 6) is -0.127. The zero-order chi connectivity index (χ0) is 13.7. The molecule has 0 aliphatic carbocycles. The summed E-state index contributed by atoms with van der Waals surface area (Å²) in [5.41, 5.74) is 1.34. The highest BCUT2D eigenvalue weighted by Gasteiger charge is 2.09. The molecule has 0 radical (unpaired) electrons. The van der Waals surface area contributed by atoms with Crippen molar-refractivity contribution in [2.24, 2.45) is 0 Å². The largest absolute Gasteiger partial charge is 0.505 e. The van der Waals surface area contributed by atoms with Gasteiger partial charge in [0.25, 0.3) is 0 Å². The van der Waals surface area contributed by atoms with Gasteiger partial charge in [-0.25, -0.2) is 4.98 Å². The molecule has 0 amide bonds. The molecule has 0 saturated carbocycles. The van der Waals surface area contributed by atoms with E-state index in [2.05, 4.69) is 4.98 Å². The van der Waals surface area contributed by atoms with Gasteiger partial charge >= 0.3 is 0 Å². The van der Waals surface area contributed by atoms with E-state index in [9.17, 15) is 5.11 Å². The first-order valence-electron chi connectivity index (χ1n) is 5.62. The molecule has 0 bridgehead atoms. The maximum absolute atomic E-state index is 9.45. The standard InChI is InChI=1S/C15H11Cl2NO/c16-12-10-13(19)15(17)18-14(12)11-8-6-4-2-1-3-5-7-9-11/h1-10,19H. The molecule has 0 atom stereocenters. The summed E-state index contributed by atoms with van der Waals surface area (Å²) in [6, 6.07) is 18.5. The lowest BCUT2D eigenvalue weighted by Crippen LogP contribution is -1.85. The lowest BCUT2D eigenvalue weighted by molar-refractivity contribution is 0.473. The first-order valence-corrected chi connectivity index (χ1v) is 6.38. The van der Waals surface area contributed by atoms with Gasteiger partial charge in [0.1, 0.15) is 0 Å². The molecule has 1 heterocycles. The third-order valence-corrected chi connectivity index (χ3v) is 2.97. The molecule has 4 heteroatoms. The first kappa shape index (κ1) is 13.7. The number of halogens is 2. The second-order valence-electron chi connectivity index (χ2n) is 3.76. The van der Waals surface area contributed by atoms with E-state index in [4.69, 9.17) is 23.2 Å². The minimum Gasteiger partial charge on any atom is -0.505 e. The van der Waals surface area contributed by atoms with E-state index < -0.39 is 0 Å². The van der Waals surface area contributed by atoms with Crippen molar-refractivity contribution in [3.05, 3.63) is 70.8 Å². The molecular weight excluding hydrogens is 281 g/mol. The Hall–Kier alpha value is -1.77. The molecule has 0 unspecified atom stereocenters. The molecule has 2 aromatic rings. The number of aromatic nitrogens is 1. The van der Waals surface area contributed by atoms with Gasteiger partial charge in [-0.3, -0.25) is 0 Å². The molecule has 0 spiro atoms. The van der Waals surface area contributed by atoms with E-state index in [1.165, 1.54) is 6.07 Å². The normalized spacial score (nSPS) is 9.79. The van der Waals surface area contributed by atoms with Crippen molar-refractivity contribution in [1.29, 1.82) is 0 Å². The molecular formula is C15H11Cl2NO. The van der Waals surface area contributed by atoms with Crippen LogP contribution >= 0.6 is 23.2 Å². The summed E-state index contributed by atoms with van der Waals surface area (Å²) in [4.78, 5) is 4.11. The SMILES string of the molecule is Oc1cc(Cl)c(-c2ccccccccc2)nc1Cl. The summed E-state index contributed by atoms with van der Waals surface area (Å²) in [5, 5.41) is 9.84. The maximum Gasteiger partial charge on any atom is 0.171 e. The van der Waals surface area contributed by atoms with Crippen molar-refractivity contribution in [1.82, 2.24) is 4.98 Å². The van der Waals surface area contributed by atoms with Gasteiger partial charge in [0.2, 0.25) is 0 Å². The third kappa shape index (κ3) is 3.60. The van der Waals surface area contributed by atoms with Crippen LogP contribution in [-0.2, 0) is 0 Å². The van der Waals surface area contributed by atoms with Gasteiger partial charge in [-0.15, -0.1) is 0 Å². The topological polar surface area (TPSA) is 33.1 Å². The minimum absolute atomic E-state index is 0.0326. The summed E-state index contributed by atoms with van der Waals surface area (Å²) < 4.78 is 0. The van der Waals surface area contributed by atoms with Crippen LogP contribution in [0.4, 0.5) is 0 Å². The van der Waals surface area contributed by atoms with Crippen molar-refractivity contribution >= 4 is 23.2 Å². The van der Waals surface area contributed by atoms with E-state index in [-0.39, 0.29) is 10.9 Å². The second-order valence-corrected chi connectivity index (χ2v) is 4.53. The fourth-order valence-corrected chi connectivity index (χ4v) is 1.91. The van der Waals surface area contributed by atoms with Crippen LogP contribution in [0.3, 0.4) is 0 Å². The van der Waals surface area contributed by atoms with Crippen LogP contribution in [0.5, 0.6) is 5.75 Å². The molecule has 0 saturated heterocycles. The predicted octanol–water partition coefficient (Wildman–Crippen LogP) is 4.89. The fourth-order valence-electron chi connectivity index (χ4n) is 1.51. The van der Waals surface area contributed by atoms with Crippen LogP contribution in [-0.4, -0.2) is 10.1 Å². The summed E-state index contributed by atoms with van der Waals surface area (Å²) in [6.07, 6.45) is 0. The van der Waals surface area contributed by atoms with Gasteiger partial charge in [0, 0.05) is 11.6 Å². The average Bonchev–Trinajstić information content (AvgIpc) is 2.40. The van der Waals surface area contributed by atoms with E-state index in [0.717, 1.165) is 5.56 Å². The second kappa shape index (κ2) is 6.41. The number of rotatable bonds is 1. The number of hydrogen-bond donors (Lipinski definition) is 1. The van der Waals surface area contributed by atoms with Crippen LogP contribution < -0.4 is 0 Å². The Bertz CT molecular complexity index is 618. The Balaban J connectivity index is 2.62. The molecule has 1 N–H and O–H groups in total. The number of hydrogen-bond acceptors (Lipinski definition) is 2. The van der Waals surface area contributed by atoms with E-state index in [0.29, 0.717) is 10.7 Å². The summed E-state index contributed by atoms with van der Waals surface area (Å²) >= 11 is 11.9. The van der Waals surface area contributed by atoms with Crippen molar-refractivity contribution in [3.8, 4) is 17.0 Å². The summed E-state index contributed by atoms with van der Waals surface area (Å²) in [6.45, 7) is 0. The monoisotopic (exact) mass is 291 g/mol. The number of pyridine rings is 1.